The van der Waals surface area contributed by atoms with E-state index in [4.69, 9.17) is 21.1 Å². The summed E-state index contributed by atoms with van der Waals surface area (Å²) >= 11 is 6.09. The second-order valence-electron chi connectivity index (χ2n) is 7.24. The zero-order valence-corrected chi connectivity index (χ0v) is 16.9. The van der Waals surface area contributed by atoms with Gasteiger partial charge in [-0.2, -0.15) is 5.10 Å². The van der Waals surface area contributed by atoms with Crippen LogP contribution in [-0.4, -0.2) is 34.3 Å². The van der Waals surface area contributed by atoms with Crippen LogP contribution >= 0.6 is 11.6 Å². The Bertz CT molecular complexity index is 917. The summed E-state index contributed by atoms with van der Waals surface area (Å²) in [4.78, 5) is 0. The van der Waals surface area contributed by atoms with E-state index in [1.54, 1.807) is 18.3 Å². The first-order valence-electron chi connectivity index (χ1n) is 8.96. The van der Waals surface area contributed by atoms with Gasteiger partial charge in [-0.1, -0.05) is 44.5 Å². The molecule has 0 spiro atoms. The van der Waals surface area contributed by atoms with Gasteiger partial charge < -0.3 is 9.47 Å². The second kappa shape index (κ2) is 8.89. The zero-order chi connectivity index (χ0) is 20.0. The Kier molecular flexibility index (Phi) is 6.31. The van der Waals surface area contributed by atoms with Gasteiger partial charge in [0.05, 0.1) is 6.21 Å². The number of hydrogen-bond donors (Lipinski definition) is 0. The van der Waals surface area contributed by atoms with Gasteiger partial charge in [0.25, 0.3) is 0 Å². The number of ether oxygens (including phenoxy) is 2. The maximum Gasteiger partial charge on any atom is 0.141 e. The van der Waals surface area contributed by atoms with Gasteiger partial charge in [-0.05, 0) is 41.3 Å². The fraction of sp³-hybridized carbons (Fsp3) is 0.286. The third-order valence-electron chi connectivity index (χ3n) is 4.04. The predicted octanol–water partition coefficient (Wildman–Crippen LogP) is 4.57. The minimum Gasteiger partial charge on any atom is -0.490 e. The molecule has 1 aromatic heterocycles. The average Bonchev–Trinajstić information content (AvgIpc) is 3.18. The summed E-state index contributed by atoms with van der Waals surface area (Å²) in [5.41, 5.74) is 2.16. The summed E-state index contributed by atoms with van der Waals surface area (Å²) in [5, 5.41) is 12.3. The van der Waals surface area contributed by atoms with Gasteiger partial charge in [-0.25, -0.2) is 4.68 Å². The van der Waals surface area contributed by atoms with Gasteiger partial charge in [0.1, 0.15) is 37.4 Å². The molecular formula is C21H23ClN4O2. The molecule has 0 aliphatic carbocycles. The Hall–Kier alpha value is -2.86. The van der Waals surface area contributed by atoms with Crippen LogP contribution in [0.4, 0.5) is 0 Å². The van der Waals surface area contributed by atoms with Gasteiger partial charge in [-0.15, -0.1) is 10.2 Å². The lowest BCUT2D eigenvalue weighted by Gasteiger charge is -2.19. The van der Waals surface area contributed by atoms with Gasteiger partial charge in [-0.3, -0.25) is 0 Å². The van der Waals surface area contributed by atoms with E-state index in [9.17, 15) is 0 Å². The molecule has 0 atom stereocenters. The molecule has 28 heavy (non-hydrogen) atoms. The molecule has 7 heteroatoms. The first kappa shape index (κ1) is 19.9. The molecule has 0 aliphatic rings. The van der Waals surface area contributed by atoms with Crippen LogP contribution < -0.4 is 9.47 Å². The molecule has 6 nitrogen and oxygen atoms in total. The maximum absolute atomic E-state index is 6.09. The molecule has 0 aliphatic heterocycles. The smallest absolute Gasteiger partial charge is 0.141 e. The van der Waals surface area contributed by atoms with E-state index in [-0.39, 0.29) is 5.41 Å². The fourth-order valence-corrected chi connectivity index (χ4v) is 2.68. The minimum atomic E-state index is 0.126. The molecule has 0 saturated carbocycles. The van der Waals surface area contributed by atoms with Crippen molar-refractivity contribution in [2.24, 2.45) is 5.10 Å². The lowest BCUT2D eigenvalue weighted by molar-refractivity contribution is 0.217. The van der Waals surface area contributed by atoms with E-state index in [0.29, 0.717) is 24.0 Å². The summed E-state index contributed by atoms with van der Waals surface area (Å²) in [7, 11) is 0. The number of hydrogen-bond acceptors (Lipinski definition) is 5. The van der Waals surface area contributed by atoms with E-state index in [2.05, 4.69) is 48.2 Å². The highest BCUT2D eigenvalue weighted by Crippen LogP contribution is 2.24. The van der Waals surface area contributed by atoms with Crippen molar-refractivity contribution in [1.82, 2.24) is 14.9 Å². The summed E-state index contributed by atoms with van der Waals surface area (Å²) in [6, 6.07) is 13.5. The Morgan fingerprint density at radius 2 is 1.68 bits per heavy atom. The third kappa shape index (κ3) is 5.57. The van der Waals surface area contributed by atoms with E-state index in [1.165, 1.54) is 22.9 Å². The van der Waals surface area contributed by atoms with E-state index >= 15 is 0 Å². The van der Waals surface area contributed by atoms with Gasteiger partial charge in [0.15, 0.2) is 0 Å². The molecule has 1 heterocycles. The summed E-state index contributed by atoms with van der Waals surface area (Å²) < 4.78 is 13.1. The fourth-order valence-electron chi connectivity index (χ4n) is 2.50. The predicted molar refractivity (Wildman–Crippen MR) is 111 cm³/mol. The quantitative estimate of drug-likeness (QED) is 0.432. The molecule has 0 unspecified atom stereocenters. The van der Waals surface area contributed by atoms with Crippen molar-refractivity contribution in [1.29, 1.82) is 0 Å². The van der Waals surface area contributed by atoms with Crippen molar-refractivity contribution < 1.29 is 9.47 Å². The van der Waals surface area contributed by atoms with Gasteiger partial charge in [0.2, 0.25) is 0 Å². The van der Waals surface area contributed by atoms with Crippen LogP contribution in [0.3, 0.4) is 0 Å². The van der Waals surface area contributed by atoms with Crippen LogP contribution in [0, 0.1) is 0 Å². The molecule has 0 amide bonds. The molecule has 0 saturated heterocycles. The Morgan fingerprint density at radius 3 is 2.36 bits per heavy atom. The van der Waals surface area contributed by atoms with E-state index < -0.39 is 0 Å². The van der Waals surface area contributed by atoms with Crippen molar-refractivity contribution >= 4 is 17.8 Å². The van der Waals surface area contributed by atoms with E-state index in [0.717, 1.165) is 11.3 Å². The SMILES string of the molecule is CC(C)(C)c1ccc(OCCOc2ccc(Cl)cc2/C=N\n2cnnc2)cc1. The summed E-state index contributed by atoms with van der Waals surface area (Å²) in [6.45, 7) is 7.39. The van der Waals surface area contributed by atoms with Crippen LogP contribution in [-0.2, 0) is 5.41 Å². The van der Waals surface area contributed by atoms with Crippen LogP contribution in [0.5, 0.6) is 11.5 Å². The highest BCUT2D eigenvalue weighted by Gasteiger charge is 2.13. The monoisotopic (exact) mass is 398 g/mol. The van der Waals surface area contributed by atoms with Crippen LogP contribution in [0.2, 0.25) is 5.02 Å². The molecule has 3 rings (SSSR count). The summed E-state index contributed by atoms with van der Waals surface area (Å²) in [6.07, 6.45) is 4.65. The first-order valence-corrected chi connectivity index (χ1v) is 9.34. The van der Waals surface area contributed by atoms with Crippen LogP contribution in [0.1, 0.15) is 31.9 Å². The highest BCUT2D eigenvalue weighted by atomic mass is 35.5. The lowest BCUT2D eigenvalue weighted by Crippen LogP contribution is -2.12. The molecule has 0 radical (unpaired) electrons. The van der Waals surface area contributed by atoms with E-state index in [1.807, 2.05) is 18.2 Å². The van der Waals surface area contributed by atoms with Crippen molar-refractivity contribution in [2.45, 2.75) is 26.2 Å². The Balaban J connectivity index is 1.56. The third-order valence-corrected chi connectivity index (χ3v) is 4.27. The topological polar surface area (TPSA) is 61.5 Å². The molecule has 0 N–H and O–H groups in total. The standard InChI is InChI=1S/C21H23ClN4O2/c1-21(2,3)17-4-7-19(8-5-17)27-10-11-28-20-9-6-18(22)12-16(20)13-25-26-14-23-24-15-26/h4-9,12-15H,10-11H2,1-3H3/b25-13-. The molecule has 3 aromatic rings. The first-order chi connectivity index (χ1) is 13.4. The van der Waals surface area contributed by atoms with Crippen molar-refractivity contribution in [3.05, 3.63) is 71.3 Å². The number of halogens is 1. The molecule has 146 valence electrons. The van der Waals surface area contributed by atoms with Crippen LogP contribution in [0.15, 0.2) is 60.2 Å². The molecule has 0 bridgehead atoms. The Labute approximate surface area is 169 Å². The normalized spacial score (nSPS) is 11.7. The van der Waals surface area contributed by atoms with Crippen molar-refractivity contribution in [2.75, 3.05) is 13.2 Å². The number of benzene rings is 2. The molecular weight excluding hydrogens is 376 g/mol. The van der Waals surface area contributed by atoms with Gasteiger partial charge >= 0.3 is 0 Å². The Morgan fingerprint density at radius 1 is 1.00 bits per heavy atom. The van der Waals surface area contributed by atoms with Crippen molar-refractivity contribution in [3.8, 4) is 11.5 Å². The molecule has 0 fully saturated rings. The summed E-state index contributed by atoms with van der Waals surface area (Å²) in [5.74, 6) is 1.50. The number of aromatic nitrogens is 3. The zero-order valence-electron chi connectivity index (χ0n) is 16.2. The average molecular weight is 399 g/mol. The maximum atomic E-state index is 6.09. The molecule has 2 aromatic carbocycles. The lowest BCUT2D eigenvalue weighted by atomic mass is 9.87. The highest BCUT2D eigenvalue weighted by molar-refractivity contribution is 6.30. The minimum absolute atomic E-state index is 0.126. The van der Waals surface area contributed by atoms with Crippen molar-refractivity contribution in [3.63, 3.8) is 0 Å². The van der Waals surface area contributed by atoms with Crippen LogP contribution in [0.25, 0.3) is 0 Å². The second-order valence-corrected chi connectivity index (χ2v) is 7.68. The van der Waals surface area contributed by atoms with Gasteiger partial charge in [0, 0.05) is 10.6 Å². The largest absolute Gasteiger partial charge is 0.490 e. The number of nitrogens with zero attached hydrogens (tertiary/aromatic N) is 4. The number of rotatable bonds is 7.